The van der Waals surface area contributed by atoms with Gasteiger partial charge in [-0.1, -0.05) is 28.4 Å². The molecule has 13 heteroatoms. The average molecular weight is 479 g/mol. The van der Waals surface area contributed by atoms with E-state index >= 15 is 0 Å². The van der Waals surface area contributed by atoms with Crippen LogP contribution in [-0.2, 0) is 25.4 Å². The molecule has 1 aliphatic heterocycles. The molecule has 3 rings (SSSR count). The van der Waals surface area contributed by atoms with E-state index in [9.17, 15) is 33.7 Å². The van der Waals surface area contributed by atoms with Gasteiger partial charge in [-0.05, 0) is 19.9 Å². The summed E-state index contributed by atoms with van der Waals surface area (Å²) in [5.41, 5.74) is -0.237. The number of aromatic nitrogens is 1. The van der Waals surface area contributed by atoms with Gasteiger partial charge >= 0.3 is 5.97 Å². The number of nitrogens with zero attached hydrogens (tertiary/aromatic N) is 2. The van der Waals surface area contributed by atoms with E-state index < -0.39 is 51.3 Å². The Bertz CT molecular complexity index is 1070. The number of β-lactam (4-membered cyclic amide) rings is 1. The molecule has 1 unspecified atom stereocenters. The molecule has 2 heterocycles. The quantitative estimate of drug-likeness (QED) is 0.277. The summed E-state index contributed by atoms with van der Waals surface area (Å²) in [6.45, 7) is 2.79. The first-order valence-corrected chi connectivity index (χ1v) is 10.3. The van der Waals surface area contributed by atoms with E-state index in [1.807, 2.05) is 0 Å². The molecule has 0 radical (unpaired) electrons. The smallest absolute Gasteiger partial charge is 0.328 e. The molecule has 4 N–H and O–H groups in total. The van der Waals surface area contributed by atoms with Crippen LogP contribution in [0.25, 0.3) is 11.3 Å². The van der Waals surface area contributed by atoms with Crippen molar-refractivity contribution < 1.29 is 38.2 Å². The number of carboxylic acids is 1. The minimum absolute atomic E-state index is 0.00191. The van der Waals surface area contributed by atoms with Gasteiger partial charge in [0.25, 0.3) is 0 Å². The zero-order valence-electron chi connectivity index (χ0n) is 15.5. The molecule has 0 spiro atoms. The number of likely N-dealkylation sites (tertiary alicyclic amines) is 1. The Kier molecular flexibility index (Phi) is 5.76. The van der Waals surface area contributed by atoms with Gasteiger partial charge in [-0.25, -0.2) is 9.00 Å². The summed E-state index contributed by atoms with van der Waals surface area (Å²) in [4.78, 5) is 25.0. The highest BCUT2D eigenvalue weighted by atomic mass is 35.5. The number of aliphatic carboxylic acids is 1. The van der Waals surface area contributed by atoms with Crippen LogP contribution in [-0.4, -0.2) is 58.1 Å². The first-order chi connectivity index (χ1) is 13.9. The molecular formula is C17H16Cl2N2O8S. The summed E-state index contributed by atoms with van der Waals surface area (Å²) < 4.78 is 25.4. The van der Waals surface area contributed by atoms with Crippen molar-refractivity contribution in [3.63, 3.8) is 0 Å². The number of carboxylic acid groups (broad SMARTS) is 1. The number of hydrogen-bond acceptors (Lipinski definition) is 7. The Morgan fingerprint density at radius 3 is 2.50 bits per heavy atom. The maximum absolute atomic E-state index is 12.3. The fourth-order valence-electron chi connectivity index (χ4n) is 3.35. The lowest BCUT2D eigenvalue weighted by Crippen LogP contribution is -2.65. The highest BCUT2D eigenvalue weighted by Gasteiger charge is 2.56. The average Bonchev–Trinajstić information content (AvgIpc) is 3.16. The van der Waals surface area contributed by atoms with E-state index in [1.54, 1.807) is 6.92 Å². The third-order valence-corrected chi connectivity index (χ3v) is 6.91. The van der Waals surface area contributed by atoms with Crippen LogP contribution in [0.15, 0.2) is 16.7 Å². The lowest BCUT2D eigenvalue weighted by atomic mass is 9.89. The van der Waals surface area contributed by atoms with Crippen LogP contribution in [0.1, 0.15) is 26.0 Å². The van der Waals surface area contributed by atoms with Gasteiger partial charge in [-0.2, -0.15) is 0 Å². The molecule has 0 saturated carbocycles. The molecule has 1 amide bonds. The maximum Gasteiger partial charge on any atom is 0.328 e. The molecule has 30 heavy (non-hydrogen) atoms. The Morgan fingerprint density at radius 1 is 1.37 bits per heavy atom. The van der Waals surface area contributed by atoms with Gasteiger partial charge in [0.2, 0.25) is 5.91 Å². The number of phenols is 2. The van der Waals surface area contributed by atoms with E-state index in [0.717, 1.165) is 11.0 Å². The van der Waals surface area contributed by atoms with Gasteiger partial charge in [-0.3, -0.25) is 4.79 Å². The van der Waals surface area contributed by atoms with Gasteiger partial charge in [0, 0.05) is 24.1 Å². The van der Waals surface area contributed by atoms with Crippen molar-refractivity contribution in [1.29, 1.82) is 0 Å². The Labute approximate surface area is 182 Å². The minimum atomic E-state index is -2.80. The zero-order valence-corrected chi connectivity index (χ0v) is 17.8. The van der Waals surface area contributed by atoms with E-state index in [-0.39, 0.29) is 33.5 Å². The molecule has 10 nitrogen and oxygen atoms in total. The zero-order chi connectivity index (χ0) is 22.5. The molecule has 1 fully saturated rings. The number of aromatic hydroxyl groups is 2. The number of rotatable bonds is 6. The monoisotopic (exact) mass is 478 g/mol. The van der Waals surface area contributed by atoms with E-state index in [2.05, 4.69) is 5.16 Å². The minimum Gasteiger partial charge on any atom is -0.503 e. The Morgan fingerprint density at radius 2 is 2.00 bits per heavy atom. The summed E-state index contributed by atoms with van der Waals surface area (Å²) in [5.74, 6) is -3.45. The van der Waals surface area contributed by atoms with Gasteiger partial charge in [0.1, 0.15) is 10.4 Å². The number of halogens is 2. The van der Waals surface area contributed by atoms with E-state index in [0.29, 0.717) is 0 Å². The molecule has 4 atom stereocenters. The maximum atomic E-state index is 12.3. The normalized spacial score (nSPS) is 20.4. The van der Waals surface area contributed by atoms with Crippen LogP contribution in [0.5, 0.6) is 11.5 Å². The second kappa shape index (κ2) is 7.73. The first-order valence-electron chi connectivity index (χ1n) is 8.43. The van der Waals surface area contributed by atoms with Gasteiger partial charge in [0.15, 0.2) is 34.4 Å². The van der Waals surface area contributed by atoms with Gasteiger partial charge in [-0.15, -0.1) is 0 Å². The summed E-state index contributed by atoms with van der Waals surface area (Å²) in [6.07, 6.45) is 0.114. The van der Waals surface area contributed by atoms with E-state index in [4.69, 9.17) is 27.7 Å². The SMILES string of the molecule is C[C@@H]1CC(=O)N1[C@@H](C(=O)O)[C@](C)(c1cc(-c2cc(Cl)c(O)c(O)c2Cl)on1)S(=O)O. The summed E-state index contributed by atoms with van der Waals surface area (Å²) in [7, 11) is 0. The van der Waals surface area contributed by atoms with Crippen molar-refractivity contribution in [2.45, 2.75) is 37.1 Å². The number of amides is 1. The molecule has 1 aromatic heterocycles. The predicted octanol–water partition coefficient (Wildman–Crippen LogP) is 2.57. The summed E-state index contributed by atoms with van der Waals surface area (Å²) in [6, 6.07) is 0.180. The number of phenolic OH excluding ortho intramolecular Hbond substituents is 2. The predicted molar refractivity (Wildman–Crippen MR) is 106 cm³/mol. The Hall–Kier alpha value is -2.34. The molecular weight excluding hydrogens is 463 g/mol. The molecule has 162 valence electrons. The third-order valence-electron chi connectivity index (χ3n) is 5.08. The van der Waals surface area contributed by atoms with Crippen molar-refractivity contribution >= 4 is 46.2 Å². The topological polar surface area (TPSA) is 161 Å². The van der Waals surface area contributed by atoms with E-state index in [1.165, 1.54) is 13.0 Å². The van der Waals surface area contributed by atoms with Crippen LogP contribution in [0, 0.1) is 0 Å². The third kappa shape index (κ3) is 3.31. The van der Waals surface area contributed by atoms with Crippen LogP contribution in [0.3, 0.4) is 0 Å². The van der Waals surface area contributed by atoms with Gasteiger partial charge < -0.3 is 29.3 Å². The van der Waals surface area contributed by atoms with Crippen molar-refractivity contribution in [2.24, 2.45) is 0 Å². The molecule has 1 aliphatic rings. The van der Waals surface area contributed by atoms with Crippen molar-refractivity contribution in [3.05, 3.63) is 27.9 Å². The van der Waals surface area contributed by atoms with Crippen molar-refractivity contribution in [1.82, 2.24) is 10.1 Å². The standard InChI is InChI=1S/C17H16Cl2N2O8S/c1-6-3-11(22)21(6)15(16(25)26)17(2,30(27)28)10-5-9(29-20-10)7-4-8(18)13(23)14(24)12(7)19/h4-6,15,23-24H,3H2,1-2H3,(H,25,26)(H,27,28)/t6-,15+,17+/m1/s1. The fourth-order valence-corrected chi connectivity index (χ4v) is 4.47. The highest BCUT2D eigenvalue weighted by molar-refractivity contribution is 7.80. The molecule has 2 aromatic rings. The van der Waals surface area contributed by atoms with Crippen LogP contribution in [0.4, 0.5) is 0 Å². The Balaban J connectivity index is 2.14. The summed E-state index contributed by atoms with van der Waals surface area (Å²) in [5, 5.41) is 32.4. The number of carbonyl (C=O) groups is 2. The van der Waals surface area contributed by atoms with Gasteiger partial charge in [0.05, 0.1) is 10.0 Å². The lowest BCUT2D eigenvalue weighted by molar-refractivity contribution is -0.163. The molecule has 1 saturated heterocycles. The fraction of sp³-hybridized carbons (Fsp3) is 0.353. The number of carbonyl (C=O) groups excluding carboxylic acids is 1. The second-order valence-electron chi connectivity index (χ2n) is 6.94. The van der Waals surface area contributed by atoms with Crippen molar-refractivity contribution in [3.8, 4) is 22.8 Å². The summed E-state index contributed by atoms with van der Waals surface area (Å²) >= 11 is 9.06. The lowest BCUT2D eigenvalue weighted by Gasteiger charge is -2.46. The highest BCUT2D eigenvalue weighted by Crippen LogP contribution is 2.46. The number of benzene rings is 1. The first kappa shape index (κ1) is 22.3. The van der Waals surface area contributed by atoms with Crippen LogP contribution in [0.2, 0.25) is 10.0 Å². The van der Waals surface area contributed by atoms with Crippen molar-refractivity contribution in [2.75, 3.05) is 0 Å². The molecule has 0 bridgehead atoms. The number of hydrogen-bond donors (Lipinski definition) is 4. The largest absolute Gasteiger partial charge is 0.503 e. The van der Waals surface area contributed by atoms with Crippen LogP contribution >= 0.6 is 23.2 Å². The molecule has 0 aliphatic carbocycles. The molecule has 1 aromatic carbocycles. The second-order valence-corrected chi connectivity index (χ2v) is 9.08. The van der Waals surface area contributed by atoms with Crippen LogP contribution < -0.4 is 0 Å².